The molecule has 2 atom stereocenters. The van der Waals surface area contributed by atoms with E-state index in [9.17, 15) is 4.21 Å². The molecule has 0 aliphatic heterocycles. The summed E-state index contributed by atoms with van der Waals surface area (Å²) in [7, 11) is 1.36. The van der Waals surface area contributed by atoms with Crippen molar-refractivity contribution < 1.29 is 4.21 Å². The first kappa shape index (κ1) is 13.5. The zero-order valence-electron chi connectivity index (χ0n) is 10.8. The molecule has 0 amide bonds. The van der Waals surface area contributed by atoms with Crippen LogP contribution in [-0.2, 0) is 24.4 Å². The highest BCUT2D eigenvalue weighted by atomic mass is 32.2. The van der Waals surface area contributed by atoms with E-state index >= 15 is 0 Å². The molecular formula is C12H22N2OS. The van der Waals surface area contributed by atoms with E-state index in [2.05, 4.69) is 43.8 Å². The van der Waals surface area contributed by atoms with Crippen LogP contribution in [0.3, 0.4) is 0 Å². The van der Waals surface area contributed by atoms with Crippen molar-refractivity contribution in [2.24, 2.45) is 7.05 Å². The van der Waals surface area contributed by atoms with E-state index in [1.165, 1.54) is 17.0 Å². The molecule has 1 aromatic rings. The Labute approximate surface area is 101 Å². The highest BCUT2D eigenvalue weighted by Gasteiger charge is 2.08. The van der Waals surface area contributed by atoms with Gasteiger partial charge < -0.3 is 9.88 Å². The molecule has 16 heavy (non-hydrogen) atoms. The maximum absolute atomic E-state index is 11.1. The Kier molecular flexibility index (Phi) is 4.74. The largest absolute Gasteiger partial charge is 0.352 e. The predicted octanol–water partition coefficient (Wildman–Crippen LogP) is 1.50. The number of nitrogens with zero attached hydrogens (tertiary/aromatic N) is 1. The lowest BCUT2D eigenvalue weighted by atomic mass is 10.2. The SMILES string of the molecule is Cc1cc(CNC(C)CS(C)=O)c(C)n1C. The van der Waals surface area contributed by atoms with Crippen molar-refractivity contribution in [3.63, 3.8) is 0 Å². The molecule has 1 heterocycles. The summed E-state index contributed by atoms with van der Waals surface area (Å²) in [5.74, 6) is 0.713. The monoisotopic (exact) mass is 242 g/mol. The first-order chi connectivity index (χ1) is 7.41. The predicted molar refractivity (Wildman–Crippen MR) is 70.1 cm³/mol. The Morgan fingerprint density at radius 3 is 2.56 bits per heavy atom. The third-order valence-electron chi connectivity index (χ3n) is 3.01. The third-order valence-corrected chi connectivity index (χ3v) is 3.98. The normalized spacial score (nSPS) is 15.1. The maximum atomic E-state index is 11.1. The van der Waals surface area contributed by atoms with Gasteiger partial charge in [-0.05, 0) is 32.4 Å². The molecule has 1 N–H and O–H groups in total. The third kappa shape index (κ3) is 3.46. The molecule has 0 aromatic carbocycles. The van der Waals surface area contributed by atoms with Crippen LogP contribution in [0.5, 0.6) is 0 Å². The van der Waals surface area contributed by atoms with Gasteiger partial charge in [0.1, 0.15) is 0 Å². The maximum Gasteiger partial charge on any atom is 0.0383 e. The second-order valence-corrected chi connectivity index (χ2v) is 5.96. The molecule has 2 unspecified atom stereocenters. The van der Waals surface area contributed by atoms with E-state index in [0.717, 1.165) is 6.54 Å². The second-order valence-electron chi connectivity index (χ2n) is 4.48. The Morgan fingerprint density at radius 1 is 1.50 bits per heavy atom. The molecule has 0 aliphatic rings. The number of nitrogens with one attached hydrogen (secondary N) is 1. The van der Waals surface area contributed by atoms with E-state index in [4.69, 9.17) is 0 Å². The van der Waals surface area contributed by atoms with E-state index in [1.807, 2.05) is 0 Å². The molecule has 0 fully saturated rings. The van der Waals surface area contributed by atoms with Gasteiger partial charge in [0.05, 0.1) is 0 Å². The summed E-state index contributed by atoms with van der Waals surface area (Å²) in [5.41, 5.74) is 3.91. The fourth-order valence-electron chi connectivity index (χ4n) is 1.81. The standard InChI is InChI=1S/C12H22N2OS/c1-9(8-16(5)15)13-7-12-6-10(2)14(4)11(12)3/h6,9,13H,7-8H2,1-5H3. The van der Waals surface area contributed by atoms with Crippen molar-refractivity contribution in [3.8, 4) is 0 Å². The van der Waals surface area contributed by atoms with Gasteiger partial charge in [0.2, 0.25) is 0 Å². The first-order valence-corrected chi connectivity index (χ1v) is 7.29. The highest BCUT2D eigenvalue weighted by molar-refractivity contribution is 7.84. The average molecular weight is 242 g/mol. The van der Waals surface area contributed by atoms with Gasteiger partial charge in [-0.1, -0.05) is 0 Å². The van der Waals surface area contributed by atoms with Crippen molar-refractivity contribution >= 4 is 10.8 Å². The average Bonchev–Trinajstić information content (AvgIpc) is 2.42. The zero-order valence-corrected chi connectivity index (χ0v) is 11.6. The van der Waals surface area contributed by atoms with Crippen molar-refractivity contribution in [2.45, 2.75) is 33.4 Å². The molecule has 1 rings (SSSR count). The molecule has 0 bridgehead atoms. The van der Waals surface area contributed by atoms with Gasteiger partial charge in [-0.2, -0.15) is 0 Å². The molecule has 92 valence electrons. The van der Waals surface area contributed by atoms with Crippen LogP contribution < -0.4 is 5.32 Å². The fourth-order valence-corrected chi connectivity index (χ4v) is 2.63. The molecule has 0 saturated heterocycles. The first-order valence-electron chi connectivity index (χ1n) is 5.57. The smallest absolute Gasteiger partial charge is 0.0383 e. The van der Waals surface area contributed by atoms with Crippen LogP contribution in [0.4, 0.5) is 0 Å². The molecular weight excluding hydrogens is 220 g/mol. The Balaban J connectivity index is 2.54. The number of aryl methyl sites for hydroxylation is 1. The molecule has 0 aliphatic carbocycles. The molecule has 4 heteroatoms. The van der Waals surface area contributed by atoms with Gasteiger partial charge in [-0.25, -0.2) is 0 Å². The molecule has 0 radical (unpaired) electrons. The van der Waals surface area contributed by atoms with Crippen molar-refractivity contribution in [1.29, 1.82) is 0 Å². The van der Waals surface area contributed by atoms with Gasteiger partial charge in [0.15, 0.2) is 0 Å². The highest BCUT2D eigenvalue weighted by Crippen LogP contribution is 2.12. The van der Waals surface area contributed by atoms with Crippen LogP contribution in [0.15, 0.2) is 6.07 Å². The van der Waals surface area contributed by atoms with Crippen molar-refractivity contribution in [1.82, 2.24) is 9.88 Å². The molecule has 0 saturated carbocycles. The summed E-state index contributed by atoms with van der Waals surface area (Å²) >= 11 is 0. The van der Waals surface area contributed by atoms with Crippen LogP contribution in [-0.4, -0.2) is 26.8 Å². The fraction of sp³-hybridized carbons (Fsp3) is 0.667. The van der Waals surface area contributed by atoms with Crippen LogP contribution in [0.1, 0.15) is 23.9 Å². The van der Waals surface area contributed by atoms with Crippen molar-refractivity contribution in [2.75, 3.05) is 12.0 Å². The number of rotatable bonds is 5. The lowest BCUT2D eigenvalue weighted by molar-refractivity contribution is 0.585. The number of hydrogen-bond acceptors (Lipinski definition) is 2. The minimum Gasteiger partial charge on any atom is -0.352 e. The Morgan fingerprint density at radius 2 is 2.12 bits per heavy atom. The minimum atomic E-state index is -0.726. The Bertz CT molecular complexity index is 385. The van der Waals surface area contributed by atoms with E-state index in [-0.39, 0.29) is 0 Å². The van der Waals surface area contributed by atoms with Crippen LogP contribution >= 0.6 is 0 Å². The van der Waals surface area contributed by atoms with E-state index in [1.54, 1.807) is 6.26 Å². The van der Waals surface area contributed by atoms with Gasteiger partial charge in [-0.3, -0.25) is 4.21 Å². The second kappa shape index (κ2) is 5.64. The molecule has 1 aromatic heterocycles. The minimum absolute atomic E-state index is 0.297. The summed E-state index contributed by atoms with van der Waals surface area (Å²) in [6.07, 6.45) is 1.75. The van der Waals surface area contributed by atoms with Gasteiger partial charge in [-0.15, -0.1) is 0 Å². The number of aromatic nitrogens is 1. The summed E-state index contributed by atoms with van der Waals surface area (Å²) in [4.78, 5) is 0. The number of hydrogen-bond donors (Lipinski definition) is 1. The van der Waals surface area contributed by atoms with Gasteiger partial charge in [0, 0.05) is 53.8 Å². The zero-order chi connectivity index (χ0) is 12.3. The van der Waals surface area contributed by atoms with E-state index < -0.39 is 10.8 Å². The lowest BCUT2D eigenvalue weighted by Gasteiger charge is -2.12. The van der Waals surface area contributed by atoms with Crippen LogP contribution in [0.25, 0.3) is 0 Å². The van der Waals surface area contributed by atoms with Crippen molar-refractivity contribution in [3.05, 3.63) is 23.0 Å². The lowest BCUT2D eigenvalue weighted by Crippen LogP contribution is -2.30. The summed E-state index contributed by atoms with van der Waals surface area (Å²) < 4.78 is 13.3. The topological polar surface area (TPSA) is 34.0 Å². The van der Waals surface area contributed by atoms with E-state index in [0.29, 0.717) is 11.8 Å². The molecule has 3 nitrogen and oxygen atoms in total. The summed E-state index contributed by atoms with van der Waals surface area (Å²) in [6.45, 7) is 7.17. The van der Waals surface area contributed by atoms with Crippen LogP contribution in [0.2, 0.25) is 0 Å². The molecule has 0 spiro atoms. The van der Waals surface area contributed by atoms with Crippen LogP contribution in [0, 0.1) is 13.8 Å². The summed E-state index contributed by atoms with van der Waals surface area (Å²) in [5, 5.41) is 3.41. The Hall–Kier alpha value is -0.610. The summed E-state index contributed by atoms with van der Waals surface area (Å²) in [6, 6.07) is 2.50. The van der Waals surface area contributed by atoms with Gasteiger partial charge in [0.25, 0.3) is 0 Å². The van der Waals surface area contributed by atoms with Gasteiger partial charge >= 0.3 is 0 Å². The quantitative estimate of drug-likeness (QED) is 0.849.